The Morgan fingerprint density at radius 3 is 2.24 bits per heavy atom. The van der Waals surface area contributed by atoms with Crippen LogP contribution in [0.5, 0.6) is 0 Å². The highest BCUT2D eigenvalue weighted by Gasteiger charge is 2.10. The van der Waals surface area contributed by atoms with E-state index in [0.29, 0.717) is 11.3 Å². The maximum Gasteiger partial charge on any atom is 0.323 e. The molecule has 0 unspecified atom stereocenters. The highest BCUT2D eigenvalue weighted by molar-refractivity contribution is 6.00. The van der Waals surface area contributed by atoms with Gasteiger partial charge >= 0.3 is 6.03 Å². The summed E-state index contributed by atoms with van der Waals surface area (Å²) < 4.78 is 26.4. The number of nitrogens with one attached hydrogen (secondary N) is 2. The number of hydrogen-bond donors (Lipinski definition) is 2. The fourth-order valence-corrected chi connectivity index (χ4v) is 1.67. The van der Waals surface area contributed by atoms with Crippen molar-refractivity contribution in [3.63, 3.8) is 0 Å². The molecule has 2 aromatic carbocycles. The molecule has 6 heteroatoms. The molecule has 0 aliphatic carbocycles. The van der Waals surface area contributed by atoms with Crippen molar-refractivity contribution >= 4 is 23.2 Å². The minimum absolute atomic E-state index is 0.0900. The van der Waals surface area contributed by atoms with Crippen molar-refractivity contribution in [2.45, 2.75) is 6.92 Å². The van der Waals surface area contributed by atoms with Crippen molar-refractivity contribution < 1.29 is 18.4 Å². The quantitative estimate of drug-likeness (QED) is 0.844. The Morgan fingerprint density at radius 2 is 1.62 bits per heavy atom. The molecule has 2 amide bonds. The van der Waals surface area contributed by atoms with E-state index >= 15 is 0 Å². The van der Waals surface area contributed by atoms with Gasteiger partial charge < -0.3 is 10.6 Å². The number of ketones is 1. The lowest BCUT2D eigenvalue weighted by molar-refractivity contribution is 0.101. The lowest BCUT2D eigenvalue weighted by Crippen LogP contribution is -2.20. The highest BCUT2D eigenvalue weighted by atomic mass is 19.2. The minimum Gasteiger partial charge on any atom is -0.308 e. The normalized spacial score (nSPS) is 10.0. The van der Waals surface area contributed by atoms with E-state index in [-0.39, 0.29) is 11.5 Å². The molecule has 2 aromatic rings. The van der Waals surface area contributed by atoms with Gasteiger partial charge in [0.05, 0.1) is 5.69 Å². The summed E-state index contributed by atoms with van der Waals surface area (Å²) in [6.07, 6.45) is 0. The number of benzene rings is 2. The fourth-order valence-electron chi connectivity index (χ4n) is 1.67. The number of hydrogen-bond acceptors (Lipinski definition) is 2. The minimum atomic E-state index is -1.13. The van der Waals surface area contributed by atoms with Crippen LogP contribution < -0.4 is 10.6 Å². The Labute approximate surface area is 119 Å². The number of urea groups is 1. The van der Waals surface area contributed by atoms with Gasteiger partial charge in [-0.25, -0.2) is 13.6 Å². The molecule has 0 fully saturated rings. The zero-order valence-electron chi connectivity index (χ0n) is 11.1. The van der Waals surface area contributed by atoms with Crippen LogP contribution in [0, 0.1) is 11.6 Å². The molecule has 0 aromatic heterocycles. The molecule has 2 rings (SSSR count). The predicted molar refractivity (Wildman–Crippen MR) is 75.4 cm³/mol. The number of anilines is 2. The van der Waals surface area contributed by atoms with Crippen LogP contribution in [0.15, 0.2) is 42.5 Å². The van der Waals surface area contributed by atoms with Gasteiger partial charge in [0.15, 0.2) is 17.4 Å². The van der Waals surface area contributed by atoms with Crippen LogP contribution in [-0.4, -0.2) is 11.8 Å². The molecule has 0 aliphatic heterocycles. The summed E-state index contributed by atoms with van der Waals surface area (Å²) in [7, 11) is 0. The Hall–Kier alpha value is -2.76. The molecule has 0 saturated carbocycles. The van der Waals surface area contributed by atoms with Crippen molar-refractivity contribution in [3.05, 3.63) is 59.7 Å². The largest absolute Gasteiger partial charge is 0.323 e. The monoisotopic (exact) mass is 290 g/mol. The second-order valence-corrected chi connectivity index (χ2v) is 4.31. The van der Waals surface area contributed by atoms with E-state index in [1.54, 1.807) is 12.1 Å². The summed E-state index contributed by atoms with van der Waals surface area (Å²) >= 11 is 0. The standard InChI is InChI=1S/C15H12F2N2O2/c1-9(20)10-5-7-11(8-6-10)18-15(21)19-13-4-2-3-12(16)14(13)17/h2-8H,1H3,(H2,18,19,21). The van der Waals surface area contributed by atoms with Gasteiger partial charge in [-0.1, -0.05) is 6.07 Å². The van der Waals surface area contributed by atoms with Gasteiger partial charge in [-0.15, -0.1) is 0 Å². The average molecular weight is 290 g/mol. The molecular formula is C15H12F2N2O2. The molecule has 0 radical (unpaired) electrons. The summed E-state index contributed by atoms with van der Waals surface area (Å²) in [4.78, 5) is 22.8. The molecular weight excluding hydrogens is 278 g/mol. The molecule has 0 saturated heterocycles. The van der Waals surface area contributed by atoms with Crippen LogP contribution in [-0.2, 0) is 0 Å². The summed E-state index contributed by atoms with van der Waals surface area (Å²) in [6, 6.07) is 8.97. The Balaban J connectivity index is 2.04. The summed E-state index contributed by atoms with van der Waals surface area (Å²) in [5, 5.41) is 4.66. The van der Waals surface area contributed by atoms with E-state index in [2.05, 4.69) is 10.6 Å². The second-order valence-electron chi connectivity index (χ2n) is 4.31. The third-order valence-corrected chi connectivity index (χ3v) is 2.75. The van der Waals surface area contributed by atoms with Gasteiger partial charge in [0.25, 0.3) is 0 Å². The summed E-state index contributed by atoms with van der Waals surface area (Å²) in [5.41, 5.74) is 0.680. The maximum absolute atomic E-state index is 13.4. The molecule has 21 heavy (non-hydrogen) atoms. The first-order valence-electron chi connectivity index (χ1n) is 6.10. The average Bonchev–Trinajstić information content (AvgIpc) is 2.44. The van der Waals surface area contributed by atoms with Crippen molar-refractivity contribution in [1.82, 2.24) is 0 Å². The lowest BCUT2D eigenvalue weighted by atomic mass is 10.1. The van der Waals surface area contributed by atoms with E-state index in [1.165, 1.54) is 31.2 Å². The SMILES string of the molecule is CC(=O)c1ccc(NC(=O)Nc2cccc(F)c2F)cc1. The first kappa shape index (κ1) is 14.6. The predicted octanol–water partition coefficient (Wildman–Crippen LogP) is 3.81. The van der Waals surface area contributed by atoms with Gasteiger partial charge in [-0.2, -0.15) is 0 Å². The third kappa shape index (κ3) is 3.62. The van der Waals surface area contributed by atoms with Gasteiger partial charge in [0, 0.05) is 11.3 Å². The smallest absolute Gasteiger partial charge is 0.308 e. The van der Waals surface area contributed by atoms with Crippen LogP contribution in [0.4, 0.5) is 25.0 Å². The van der Waals surface area contributed by atoms with E-state index in [0.717, 1.165) is 6.07 Å². The van der Waals surface area contributed by atoms with Crippen LogP contribution in [0.3, 0.4) is 0 Å². The van der Waals surface area contributed by atoms with Gasteiger partial charge in [0.1, 0.15) is 0 Å². The molecule has 0 heterocycles. The maximum atomic E-state index is 13.4. The first-order chi connectivity index (χ1) is 9.97. The fraction of sp³-hybridized carbons (Fsp3) is 0.0667. The summed E-state index contributed by atoms with van der Waals surface area (Å²) in [6.45, 7) is 1.43. The van der Waals surface area contributed by atoms with E-state index in [9.17, 15) is 18.4 Å². The van der Waals surface area contributed by atoms with Gasteiger partial charge in [-0.3, -0.25) is 4.79 Å². The molecule has 0 aliphatic rings. The lowest BCUT2D eigenvalue weighted by Gasteiger charge is -2.09. The number of carbonyl (C=O) groups excluding carboxylic acids is 2. The molecule has 2 N–H and O–H groups in total. The Kier molecular flexibility index (Phi) is 4.27. The molecule has 0 bridgehead atoms. The van der Waals surface area contributed by atoms with Gasteiger partial charge in [-0.05, 0) is 43.3 Å². The van der Waals surface area contributed by atoms with Crippen LogP contribution in [0.2, 0.25) is 0 Å². The topological polar surface area (TPSA) is 58.2 Å². The van der Waals surface area contributed by atoms with Crippen molar-refractivity contribution in [3.8, 4) is 0 Å². The van der Waals surface area contributed by atoms with Crippen molar-refractivity contribution in [2.75, 3.05) is 10.6 Å². The van der Waals surface area contributed by atoms with Gasteiger partial charge in [0.2, 0.25) is 0 Å². The first-order valence-corrected chi connectivity index (χ1v) is 6.10. The zero-order valence-corrected chi connectivity index (χ0v) is 11.1. The number of Topliss-reactive ketones (excluding diaryl/α,β-unsaturated/α-hetero) is 1. The Morgan fingerprint density at radius 1 is 0.952 bits per heavy atom. The highest BCUT2D eigenvalue weighted by Crippen LogP contribution is 2.17. The zero-order chi connectivity index (χ0) is 15.4. The number of amides is 2. The number of carbonyl (C=O) groups is 2. The molecule has 0 atom stereocenters. The second kappa shape index (κ2) is 6.13. The molecule has 108 valence electrons. The van der Waals surface area contributed by atoms with Crippen molar-refractivity contribution in [1.29, 1.82) is 0 Å². The van der Waals surface area contributed by atoms with Crippen LogP contribution in [0.25, 0.3) is 0 Å². The van der Waals surface area contributed by atoms with Crippen LogP contribution in [0.1, 0.15) is 17.3 Å². The van der Waals surface area contributed by atoms with E-state index < -0.39 is 17.7 Å². The molecule has 0 spiro atoms. The van der Waals surface area contributed by atoms with Crippen molar-refractivity contribution in [2.24, 2.45) is 0 Å². The van der Waals surface area contributed by atoms with E-state index in [4.69, 9.17) is 0 Å². The Bertz CT molecular complexity index is 685. The molecule has 4 nitrogen and oxygen atoms in total. The number of halogens is 2. The summed E-state index contributed by atoms with van der Waals surface area (Å²) in [5.74, 6) is -2.26. The number of rotatable bonds is 3. The van der Waals surface area contributed by atoms with Crippen LogP contribution >= 0.6 is 0 Å². The third-order valence-electron chi connectivity index (χ3n) is 2.75. The van der Waals surface area contributed by atoms with E-state index in [1.807, 2.05) is 0 Å².